The van der Waals surface area contributed by atoms with Crippen LogP contribution in [0, 0.1) is 0 Å². The zero-order valence-electron chi connectivity index (χ0n) is 9.89. The number of aromatic nitrogens is 3. The molecule has 5 heteroatoms. The van der Waals surface area contributed by atoms with Crippen molar-refractivity contribution in [3.8, 4) is 0 Å². The molecule has 0 radical (unpaired) electrons. The Morgan fingerprint density at radius 2 is 2.18 bits per heavy atom. The van der Waals surface area contributed by atoms with E-state index in [9.17, 15) is 0 Å². The van der Waals surface area contributed by atoms with Gasteiger partial charge in [-0.15, -0.1) is 5.10 Å². The molecular weight excluding hydrogens is 236 g/mol. The maximum Gasteiger partial charge on any atom is 0.0964 e. The number of halogens is 1. The lowest BCUT2D eigenvalue weighted by Crippen LogP contribution is -2.18. The van der Waals surface area contributed by atoms with Gasteiger partial charge in [-0.3, -0.25) is 4.68 Å². The zero-order valence-corrected chi connectivity index (χ0v) is 10.6. The van der Waals surface area contributed by atoms with Crippen LogP contribution in [0.15, 0.2) is 30.5 Å². The van der Waals surface area contributed by atoms with E-state index in [2.05, 4.69) is 22.6 Å². The van der Waals surface area contributed by atoms with E-state index in [1.165, 1.54) is 0 Å². The van der Waals surface area contributed by atoms with Crippen LogP contribution in [0.3, 0.4) is 0 Å². The van der Waals surface area contributed by atoms with Crippen molar-refractivity contribution in [2.24, 2.45) is 7.05 Å². The SMILES string of the molecule is CC(NCc1cn(C)nn1)c1ccccc1Cl. The standard InChI is InChI=1S/C12H15ClN4/c1-9(11-5-3-4-6-12(11)13)14-7-10-8-17(2)16-15-10/h3-6,8-9,14H,7H2,1-2H3. The van der Waals surface area contributed by atoms with Crippen LogP contribution < -0.4 is 5.32 Å². The Labute approximate surface area is 106 Å². The van der Waals surface area contributed by atoms with Gasteiger partial charge in [-0.05, 0) is 18.6 Å². The summed E-state index contributed by atoms with van der Waals surface area (Å²) in [6.07, 6.45) is 1.90. The van der Waals surface area contributed by atoms with Crippen molar-refractivity contribution in [2.45, 2.75) is 19.5 Å². The van der Waals surface area contributed by atoms with Crippen molar-refractivity contribution in [2.75, 3.05) is 0 Å². The van der Waals surface area contributed by atoms with Crippen molar-refractivity contribution >= 4 is 11.6 Å². The van der Waals surface area contributed by atoms with E-state index in [0.29, 0.717) is 6.54 Å². The molecule has 1 atom stereocenters. The normalized spacial score (nSPS) is 12.6. The fourth-order valence-corrected chi connectivity index (χ4v) is 1.97. The Morgan fingerprint density at radius 1 is 1.41 bits per heavy atom. The molecule has 17 heavy (non-hydrogen) atoms. The Morgan fingerprint density at radius 3 is 2.82 bits per heavy atom. The monoisotopic (exact) mass is 250 g/mol. The summed E-state index contributed by atoms with van der Waals surface area (Å²) in [5.41, 5.74) is 2.02. The van der Waals surface area contributed by atoms with Gasteiger partial charge >= 0.3 is 0 Å². The number of nitrogens with one attached hydrogen (secondary N) is 1. The average molecular weight is 251 g/mol. The third kappa shape index (κ3) is 3.05. The van der Waals surface area contributed by atoms with Crippen LogP contribution in [-0.4, -0.2) is 15.0 Å². The summed E-state index contributed by atoms with van der Waals surface area (Å²) < 4.78 is 1.69. The van der Waals surface area contributed by atoms with E-state index in [1.807, 2.05) is 37.5 Å². The number of benzene rings is 1. The predicted molar refractivity (Wildman–Crippen MR) is 67.7 cm³/mol. The molecule has 0 fully saturated rings. The van der Waals surface area contributed by atoms with E-state index in [1.54, 1.807) is 4.68 Å². The fraction of sp³-hybridized carbons (Fsp3) is 0.333. The van der Waals surface area contributed by atoms with Crippen molar-refractivity contribution in [3.63, 3.8) is 0 Å². The summed E-state index contributed by atoms with van der Waals surface area (Å²) in [5, 5.41) is 12.1. The largest absolute Gasteiger partial charge is 0.304 e. The molecule has 0 spiro atoms. The number of hydrogen-bond acceptors (Lipinski definition) is 3. The molecule has 4 nitrogen and oxygen atoms in total. The van der Waals surface area contributed by atoms with E-state index in [0.717, 1.165) is 16.3 Å². The molecule has 2 rings (SSSR count). The summed E-state index contributed by atoms with van der Waals surface area (Å²) in [5.74, 6) is 0. The van der Waals surface area contributed by atoms with Gasteiger partial charge in [0.2, 0.25) is 0 Å². The first kappa shape index (κ1) is 12.1. The van der Waals surface area contributed by atoms with Crippen LogP contribution in [-0.2, 0) is 13.6 Å². The lowest BCUT2D eigenvalue weighted by molar-refractivity contribution is 0.567. The molecule has 90 valence electrons. The molecule has 1 aromatic heterocycles. The quantitative estimate of drug-likeness (QED) is 0.906. The highest BCUT2D eigenvalue weighted by atomic mass is 35.5. The van der Waals surface area contributed by atoms with Gasteiger partial charge in [0, 0.05) is 30.9 Å². The third-order valence-corrected chi connectivity index (χ3v) is 2.96. The summed E-state index contributed by atoms with van der Waals surface area (Å²) in [6.45, 7) is 2.76. The van der Waals surface area contributed by atoms with Gasteiger partial charge in [0.1, 0.15) is 0 Å². The van der Waals surface area contributed by atoms with Gasteiger partial charge in [-0.2, -0.15) is 0 Å². The van der Waals surface area contributed by atoms with E-state index < -0.39 is 0 Å². The predicted octanol–water partition coefficient (Wildman–Crippen LogP) is 2.32. The molecular formula is C12H15ClN4. The molecule has 2 aromatic rings. The Balaban J connectivity index is 1.98. The second kappa shape index (κ2) is 5.29. The highest BCUT2D eigenvalue weighted by Crippen LogP contribution is 2.22. The third-order valence-electron chi connectivity index (χ3n) is 2.61. The first-order valence-corrected chi connectivity index (χ1v) is 5.87. The molecule has 0 bridgehead atoms. The van der Waals surface area contributed by atoms with Gasteiger partial charge in [-0.1, -0.05) is 35.0 Å². The topological polar surface area (TPSA) is 42.7 Å². The van der Waals surface area contributed by atoms with Crippen LogP contribution in [0.2, 0.25) is 5.02 Å². The van der Waals surface area contributed by atoms with Crippen LogP contribution in [0.25, 0.3) is 0 Å². The van der Waals surface area contributed by atoms with E-state index >= 15 is 0 Å². The second-order valence-corrected chi connectivity index (χ2v) is 4.41. The minimum Gasteiger partial charge on any atom is -0.304 e. The Kier molecular flexibility index (Phi) is 3.76. The molecule has 0 amide bonds. The first-order chi connectivity index (χ1) is 8.16. The van der Waals surface area contributed by atoms with Crippen molar-refractivity contribution in [3.05, 3.63) is 46.7 Å². The number of hydrogen-bond donors (Lipinski definition) is 1. The van der Waals surface area contributed by atoms with Crippen LogP contribution in [0.4, 0.5) is 0 Å². The summed E-state index contributed by atoms with van der Waals surface area (Å²) in [4.78, 5) is 0. The minimum absolute atomic E-state index is 0.186. The molecule has 0 aliphatic heterocycles. The van der Waals surface area contributed by atoms with E-state index in [4.69, 9.17) is 11.6 Å². The number of rotatable bonds is 4. The van der Waals surface area contributed by atoms with Gasteiger partial charge < -0.3 is 5.32 Å². The smallest absolute Gasteiger partial charge is 0.0964 e. The van der Waals surface area contributed by atoms with Gasteiger partial charge in [-0.25, -0.2) is 0 Å². The summed E-state index contributed by atoms with van der Waals surface area (Å²) >= 11 is 6.13. The van der Waals surface area contributed by atoms with Crippen molar-refractivity contribution < 1.29 is 0 Å². The maximum atomic E-state index is 6.13. The zero-order chi connectivity index (χ0) is 12.3. The molecule has 0 aliphatic rings. The molecule has 0 saturated heterocycles. The highest BCUT2D eigenvalue weighted by molar-refractivity contribution is 6.31. The maximum absolute atomic E-state index is 6.13. The average Bonchev–Trinajstić information content (AvgIpc) is 2.73. The van der Waals surface area contributed by atoms with Gasteiger partial charge in [0.15, 0.2) is 0 Å². The number of nitrogens with zero attached hydrogens (tertiary/aromatic N) is 3. The fourth-order valence-electron chi connectivity index (χ4n) is 1.67. The van der Waals surface area contributed by atoms with Crippen LogP contribution in [0.5, 0.6) is 0 Å². The van der Waals surface area contributed by atoms with Crippen molar-refractivity contribution in [1.29, 1.82) is 0 Å². The molecule has 1 aromatic carbocycles. The molecule has 0 aliphatic carbocycles. The van der Waals surface area contributed by atoms with Crippen LogP contribution >= 0.6 is 11.6 Å². The highest BCUT2D eigenvalue weighted by Gasteiger charge is 2.09. The van der Waals surface area contributed by atoms with Crippen LogP contribution in [0.1, 0.15) is 24.2 Å². The minimum atomic E-state index is 0.186. The summed E-state index contributed by atoms with van der Waals surface area (Å²) in [7, 11) is 1.86. The lowest BCUT2D eigenvalue weighted by atomic mass is 10.1. The first-order valence-electron chi connectivity index (χ1n) is 5.50. The van der Waals surface area contributed by atoms with E-state index in [-0.39, 0.29) is 6.04 Å². The number of aryl methyl sites for hydroxylation is 1. The Bertz CT molecular complexity index is 495. The van der Waals surface area contributed by atoms with Gasteiger partial charge in [0.25, 0.3) is 0 Å². The summed E-state index contributed by atoms with van der Waals surface area (Å²) in [6, 6.07) is 8.03. The van der Waals surface area contributed by atoms with Crippen molar-refractivity contribution in [1.82, 2.24) is 20.3 Å². The molecule has 1 unspecified atom stereocenters. The van der Waals surface area contributed by atoms with Gasteiger partial charge in [0.05, 0.1) is 5.69 Å². The Hall–Kier alpha value is -1.39. The molecule has 0 saturated carbocycles. The lowest BCUT2D eigenvalue weighted by Gasteiger charge is -2.14. The molecule has 1 heterocycles. The second-order valence-electron chi connectivity index (χ2n) is 4.01. The molecule has 1 N–H and O–H groups in total.